The van der Waals surface area contributed by atoms with Crippen LogP contribution in [0.4, 0.5) is 5.69 Å². The van der Waals surface area contributed by atoms with Gasteiger partial charge in [-0.05, 0) is 31.0 Å². The number of hydrogen-bond donors (Lipinski definition) is 1. The smallest absolute Gasteiger partial charge is 0.244 e. The number of rotatable bonds is 5. The van der Waals surface area contributed by atoms with Crippen molar-refractivity contribution in [1.29, 1.82) is 0 Å². The molecule has 1 aliphatic rings. The Morgan fingerprint density at radius 3 is 2.71 bits per heavy atom. The van der Waals surface area contributed by atoms with Crippen LogP contribution in [-0.4, -0.2) is 37.4 Å². The predicted molar refractivity (Wildman–Crippen MR) is 81.6 cm³/mol. The molecule has 5 nitrogen and oxygen atoms in total. The van der Waals surface area contributed by atoms with Crippen molar-refractivity contribution in [3.8, 4) is 5.75 Å². The molecule has 0 heterocycles. The molecular weight excluding hydrogens is 292 g/mol. The number of carbonyl (C=O) groups excluding carboxylic acids is 2. The van der Waals surface area contributed by atoms with Crippen molar-refractivity contribution in [3.63, 3.8) is 0 Å². The number of anilines is 1. The first-order valence-corrected chi connectivity index (χ1v) is 7.27. The van der Waals surface area contributed by atoms with Crippen molar-refractivity contribution < 1.29 is 14.3 Å². The Kier molecular flexibility index (Phi) is 5.07. The van der Waals surface area contributed by atoms with Crippen molar-refractivity contribution >= 4 is 29.1 Å². The molecule has 1 N–H and O–H groups in total. The molecule has 0 radical (unpaired) electrons. The summed E-state index contributed by atoms with van der Waals surface area (Å²) >= 11 is 5.91. The van der Waals surface area contributed by atoms with Crippen LogP contribution in [0.5, 0.6) is 5.75 Å². The lowest BCUT2D eigenvalue weighted by Gasteiger charge is -2.28. The van der Waals surface area contributed by atoms with E-state index in [4.69, 9.17) is 16.3 Å². The third kappa shape index (κ3) is 3.88. The third-order valence-electron chi connectivity index (χ3n) is 3.65. The van der Waals surface area contributed by atoms with Gasteiger partial charge in [0.25, 0.3) is 0 Å². The maximum atomic E-state index is 12.0. The van der Waals surface area contributed by atoms with Gasteiger partial charge in [0.15, 0.2) is 0 Å². The summed E-state index contributed by atoms with van der Waals surface area (Å²) < 4.78 is 5.16. The largest absolute Gasteiger partial charge is 0.495 e. The fourth-order valence-electron chi connectivity index (χ4n) is 2.23. The minimum absolute atomic E-state index is 0.0189. The summed E-state index contributed by atoms with van der Waals surface area (Å²) in [6, 6.07) is 4.98. The highest BCUT2D eigenvalue weighted by molar-refractivity contribution is 6.31. The minimum atomic E-state index is -0.272. The third-order valence-corrected chi connectivity index (χ3v) is 3.88. The zero-order valence-corrected chi connectivity index (χ0v) is 12.9. The zero-order valence-electron chi connectivity index (χ0n) is 12.2. The number of methoxy groups -OCH3 is 1. The monoisotopic (exact) mass is 310 g/mol. The highest BCUT2D eigenvalue weighted by Gasteiger charge is 2.28. The maximum absolute atomic E-state index is 12.0. The Bertz CT molecular complexity index is 544. The lowest BCUT2D eigenvalue weighted by atomic mass is 9.84. The molecule has 0 spiro atoms. The molecule has 1 saturated carbocycles. The first-order chi connectivity index (χ1) is 10.0. The fraction of sp³-hybridized carbons (Fsp3) is 0.467. The molecular formula is C15H19ClN2O3. The number of nitrogens with zero attached hydrogens (tertiary/aromatic N) is 1. The number of ether oxygens (including phenoxy) is 1. The molecule has 2 rings (SSSR count). The van der Waals surface area contributed by atoms with E-state index in [0.717, 1.165) is 19.3 Å². The van der Waals surface area contributed by atoms with E-state index in [1.165, 1.54) is 12.0 Å². The fourth-order valence-corrected chi connectivity index (χ4v) is 2.40. The Hall–Kier alpha value is -1.75. The summed E-state index contributed by atoms with van der Waals surface area (Å²) in [4.78, 5) is 25.5. The molecule has 1 aliphatic carbocycles. The molecule has 2 amide bonds. The van der Waals surface area contributed by atoms with Crippen LogP contribution >= 0.6 is 11.6 Å². The van der Waals surface area contributed by atoms with E-state index in [1.807, 2.05) is 0 Å². The number of carbonyl (C=O) groups is 2. The van der Waals surface area contributed by atoms with Crippen LogP contribution in [-0.2, 0) is 9.59 Å². The summed E-state index contributed by atoms with van der Waals surface area (Å²) in [7, 11) is 3.17. The van der Waals surface area contributed by atoms with E-state index < -0.39 is 0 Å². The lowest BCUT2D eigenvalue weighted by Crippen LogP contribution is -2.40. The van der Waals surface area contributed by atoms with Crippen LogP contribution in [0.2, 0.25) is 5.02 Å². The van der Waals surface area contributed by atoms with Gasteiger partial charge < -0.3 is 15.0 Å². The Balaban J connectivity index is 1.95. The van der Waals surface area contributed by atoms with Crippen LogP contribution in [0.1, 0.15) is 19.3 Å². The predicted octanol–water partition coefficient (Wildman–Crippen LogP) is 2.55. The molecule has 0 aromatic heterocycles. The molecule has 21 heavy (non-hydrogen) atoms. The summed E-state index contributed by atoms with van der Waals surface area (Å²) in [6.07, 6.45) is 2.94. The van der Waals surface area contributed by atoms with Crippen molar-refractivity contribution in [2.75, 3.05) is 26.0 Å². The van der Waals surface area contributed by atoms with E-state index in [-0.39, 0.29) is 24.3 Å². The van der Waals surface area contributed by atoms with Crippen molar-refractivity contribution in [3.05, 3.63) is 23.2 Å². The molecule has 1 fully saturated rings. The van der Waals surface area contributed by atoms with Gasteiger partial charge in [0.1, 0.15) is 5.75 Å². The van der Waals surface area contributed by atoms with E-state index in [9.17, 15) is 9.59 Å². The first-order valence-electron chi connectivity index (χ1n) is 6.89. The zero-order chi connectivity index (χ0) is 15.4. The molecule has 0 saturated heterocycles. The average molecular weight is 311 g/mol. The second-order valence-corrected chi connectivity index (χ2v) is 5.65. The van der Waals surface area contributed by atoms with Gasteiger partial charge in [-0.3, -0.25) is 9.59 Å². The maximum Gasteiger partial charge on any atom is 0.244 e. The standard InChI is InChI=1S/C15H19ClN2O3/c1-18(15(20)10-4-3-5-10)9-14(19)17-12-8-11(16)6-7-13(12)21-2/h6-8,10H,3-5,9H2,1-2H3,(H,17,19). The summed E-state index contributed by atoms with van der Waals surface area (Å²) in [5.74, 6) is 0.379. The number of halogens is 1. The van der Waals surface area contributed by atoms with Crippen LogP contribution in [0.3, 0.4) is 0 Å². The summed E-state index contributed by atoms with van der Waals surface area (Å²) in [5.41, 5.74) is 0.500. The first kappa shape index (κ1) is 15.6. The van der Waals surface area contributed by atoms with Gasteiger partial charge in [-0.15, -0.1) is 0 Å². The average Bonchev–Trinajstić information content (AvgIpc) is 2.36. The molecule has 6 heteroatoms. The Labute approximate surface area is 129 Å². The number of benzene rings is 1. The second kappa shape index (κ2) is 6.80. The Morgan fingerprint density at radius 2 is 2.14 bits per heavy atom. The van der Waals surface area contributed by atoms with Crippen molar-refractivity contribution in [1.82, 2.24) is 4.90 Å². The van der Waals surface area contributed by atoms with Crippen LogP contribution in [0, 0.1) is 5.92 Å². The van der Waals surface area contributed by atoms with Crippen molar-refractivity contribution in [2.24, 2.45) is 5.92 Å². The van der Waals surface area contributed by atoms with Gasteiger partial charge in [0.2, 0.25) is 11.8 Å². The van der Waals surface area contributed by atoms with E-state index in [2.05, 4.69) is 5.32 Å². The quantitative estimate of drug-likeness (QED) is 0.909. The molecule has 0 unspecified atom stereocenters. The van der Waals surface area contributed by atoms with Gasteiger partial charge in [0.05, 0.1) is 19.3 Å². The molecule has 1 aromatic rings. The molecule has 0 aliphatic heterocycles. The van der Waals surface area contributed by atoms with Gasteiger partial charge in [-0.25, -0.2) is 0 Å². The van der Waals surface area contributed by atoms with Gasteiger partial charge >= 0.3 is 0 Å². The Morgan fingerprint density at radius 1 is 1.43 bits per heavy atom. The topological polar surface area (TPSA) is 58.6 Å². The van der Waals surface area contributed by atoms with Crippen LogP contribution < -0.4 is 10.1 Å². The lowest BCUT2D eigenvalue weighted by molar-refractivity contribution is -0.139. The van der Waals surface area contributed by atoms with Crippen LogP contribution in [0.25, 0.3) is 0 Å². The van der Waals surface area contributed by atoms with Crippen molar-refractivity contribution in [2.45, 2.75) is 19.3 Å². The highest BCUT2D eigenvalue weighted by atomic mass is 35.5. The van der Waals surface area contributed by atoms with Gasteiger partial charge in [-0.2, -0.15) is 0 Å². The molecule has 1 aromatic carbocycles. The SMILES string of the molecule is COc1ccc(Cl)cc1NC(=O)CN(C)C(=O)C1CCC1. The van der Waals surface area contributed by atoms with Gasteiger partial charge in [-0.1, -0.05) is 18.0 Å². The van der Waals surface area contributed by atoms with E-state index in [1.54, 1.807) is 25.2 Å². The highest BCUT2D eigenvalue weighted by Crippen LogP contribution is 2.29. The normalized spacial score (nSPS) is 14.2. The number of nitrogens with one attached hydrogen (secondary N) is 1. The summed E-state index contributed by atoms with van der Waals surface area (Å²) in [6.45, 7) is 0.0189. The number of likely N-dealkylation sites (N-methyl/N-ethyl adjacent to an activating group) is 1. The number of hydrogen-bond acceptors (Lipinski definition) is 3. The molecule has 0 bridgehead atoms. The summed E-state index contributed by atoms with van der Waals surface area (Å²) in [5, 5.41) is 3.23. The molecule has 0 atom stereocenters. The van der Waals surface area contributed by atoms with E-state index in [0.29, 0.717) is 16.5 Å². The number of amides is 2. The van der Waals surface area contributed by atoms with E-state index >= 15 is 0 Å². The molecule has 114 valence electrons. The minimum Gasteiger partial charge on any atom is -0.495 e. The van der Waals surface area contributed by atoms with Crippen LogP contribution in [0.15, 0.2) is 18.2 Å². The van der Waals surface area contributed by atoms with Gasteiger partial charge in [0, 0.05) is 18.0 Å². The second-order valence-electron chi connectivity index (χ2n) is 5.21.